The maximum Gasteiger partial charge on any atom is 0.118 e. The Morgan fingerprint density at radius 3 is 2.48 bits per heavy atom. The summed E-state index contributed by atoms with van der Waals surface area (Å²) in [4.78, 5) is 10.8. The molecule has 0 aliphatic carbocycles. The molecule has 2 aromatic carbocycles. The van der Waals surface area contributed by atoms with Gasteiger partial charge in [0, 0.05) is 0 Å². The number of hydrazone groups is 1. The van der Waals surface area contributed by atoms with E-state index < -0.39 is 5.97 Å². The highest BCUT2D eigenvalue weighted by Gasteiger charge is 1.99. The number of benzene rings is 2. The summed E-state index contributed by atoms with van der Waals surface area (Å²) in [6, 6.07) is 13.8. The fourth-order valence-corrected chi connectivity index (χ4v) is 1.76. The molecule has 0 aliphatic rings. The number of hydrogen-bond donors (Lipinski definition) is 1. The summed E-state index contributed by atoms with van der Waals surface area (Å²) >= 11 is 0. The molecule has 5 heteroatoms. The number of aromatic carboxylic acids is 1. The van der Waals surface area contributed by atoms with Gasteiger partial charge in [-0.3, -0.25) is 5.43 Å². The lowest BCUT2D eigenvalue weighted by molar-refractivity contribution is -0.255. The molecule has 108 valence electrons. The zero-order valence-corrected chi connectivity index (χ0v) is 11.8. The van der Waals surface area contributed by atoms with Crippen molar-refractivity contribution in [1.82, 2.24) is 0 Å². The summed E-state index contributed by atoms with van der Waals surface area (Å²) in [5.41, 5.74) is 5.25. The second-order valence-electron chi connectivity index (χ2n) is 4.41. The van der Waals surface area contributed by atoms with Crippen molar-refractivity contribution in [1.29, 1.82) is 0 Å². The van der Waals surface area contributed by atoms with E-state index in [-0.39, 0.29) is 5.56 Å². The number of nitrogens with zero attached hydrogens (tertiary/aromatic N) is 1. The standard InChI is InChI=1S/C16H16N2O3/c1-11(12-6-8-15(21-2)9-7-12)17-18-14-5-3-4-13(10-14)16(19)20/h3-10,18H,1-2H3,(H,19,20)/p-1/b17-11-. The largest absolute Gasteiger partial charge is 0.545 e. The molecular formula is C16H15N2O3-. The van der Waals surface area contributed by atoms with Crippen molar-refractivity contribution in [3.05, 3.63) is 59.7 Å². The Labute approximate surface area is 122 Å². The predicted octanol–water partition coefficient (Wildman–Crippen LogP) is 1.89. The molecule has 0 saturated heterocycles. The Hall–Kier alpha value is -2.82. The van der Waals surface area contributed by atoms with Crippen LogP contribution in [0.15, 0.2) is 53.6 Å². The van der Waals surface area contributed by atoms with Crippen LogP contribution in [0, 0.1) is 0 Å². The van der Waals surface area contributed by atoms with Crippen molar-refractivity contribution >= 4 is 17.4 Å². The zero-order chi connectivity index (χ0) is 15.2. The van der Waals surface area contributed by atoms with E-state index in [1.807, 2.05) is 31.2 Å². The number of anilines is 1. The van der Waals surface area contributed by atoms with Crippen LogP contribution in [0.4, 0.5) is 5.69 Å². The molecule has 0 aromatic heterocycles. The molecule has 0 saturated carbocycles. The number of hydrogen-bond acceptors (Lipinski definition) is 5. The summed E-state index contributed by atoms with van der Waals surface area (Å²) in [6.07, 6.45) is 0. The van der Waals surface area contributed by atoms with Crippen LogP contribution in [0.2, 0.25) is 0 Å². The highest BCUT2D eigenvalue weighted by Crippen LogP contribution is 2.13. The average molecular weight is 283 g/mol. The van der Waals surface area contributed by atoms with Crippen molar-refractivity contribution in [2.75, 3.05) is 12.5 Å². The third kappa shape index (κ3) is 3.82. The summed E-state index contributed by atoms with van der Waals surface area (Å²) in [5.74, 6) is -0.435. The van der Waals surface area contributed by atoms with Gasteiger partial charge in [-0.15, -0.1) is 0 Å². The van der Waals surface area contributed by atoms with Gasteiger partial charge in [0.25, 0.3) is 0 Å². The molecule has 0 fully saturated rings. The van der Waals surface area contributed by atoms with E-state index in [0.717, 1.165) is 17.0 Å². The molecular weight excluding hydrogens is 268 g/mol. The van der Waals surface area contributed by atoms with Crippen LogP contribution in [0.5, 0.6) is 5.75 Å². The van der Waals surface area contributed by atoms with E-state index in [9.17, 15) is 9.90 Å². The third-order valence-corrected chi connectivity index (χ3v) is 2.96. The van der Waals surface area contributed by atoms with Crippen LogP contribution in [0.1, 0.15) is 22.8 Å². The highest BCUT2D eigenvalue weighted by atomic mass is 16.5. The SMILES string of the molecule is COc1ccc(/C(C)=N\Nc2cccc(C(=O)[O-])c2)cc1. The van der Waals surface area contributed by atoms with Gasteiger partial charge in [0.2, 0.25) is 0 Å². The van der Waals surface area contributed by atoms with Gasteiger partial charge in [-0.1, -0.05) is 12.1 Å². The molecule has 1 N–H and O–H groups in total. The summed E-state index contributed by atoms with van der Waals surface area (Å²) in [5, 5.41) is 15.0. The first kappa shape index (κ1) is 14.6. The Balaban J connectivity index is 2.12. The zero-order valence-electron chi connectivity index (χ0n) is 11.8. The van der Waals surface area contributed by atoms with Crippen molar-refractivity contribution < 1.29 is 14.6 Å². The van der Waals surface area contributed by atoms with E-state index in [1.165, 1.54) is 12.1 Å². The van der Waals surface area contributed by atoms with Crippen molar-refractivity contribution in [2.45, 2.75) is 6.92 Å². The summed E-state index contributed by atoms with van der Waals surface area (Å²) in [6.45, 7) is 1.86. The monoisotopic (exact) mass is 283 g/mol. The molecule has 21 heavy (non-hydrogen) atoms. The van der Waals surface area contributed by atoms with Gasteiger partial charge in [-0.05, 0) is 54.4 Å². The van der Waals surface area contributed by atoms with Gasteiger partial charge in [-0.25, -0.2) is 0 Å². The van der Waals surface area contributed by atoms with E-state index in [2.05, 4.69) is 10.5 Å². The quantitative estimate of drug-likeness (QED) is 0.672. The molecule has 2 aromatic rings. The molecule has 0 heterocycles. The fourth-order valence-electron chi connectivity index (χ4n) is 1.76. The molecule has 0 aliphatic heterocycles. The molecule has 0 radical (unpaired) electrons. The molecule has 0 amide bonds. The fraction of sp³-hybridized carbons (Fsp3) is 0.125. The Kier molecular flexibility index (Phi) is 4.56. The second kappa shape index (κ2) is 6.56. The normalized spacial score (nSPS) is 11.0. The number of ether oxygens (including phenoxy) is 1. The number of carbonyl (C=O) groups is 1. The maximum atomic E-state index is 10.8. The Morgan fingerprint density at radius 1 is 1.14 bits per heavy atom. The van der Waals surface area contributed by atoms with Gasteiger partial charge >= 0.3 is 0 Å². The number of carbonyl (C=O) groups excluding carboxylic acids is 1. The minimum absolute atomic E-state index is 0.109. The van der Waals surface area contributed by atoms with Crippen molar-refractivity contribution in [2.24, 2.45) is 5.10 Å². The number of carboxylic acids is 1. The van der Waals surface area contributed by atoms with E-state index >= 15 is 0 Å². The predicted molar refractivity (Wildman–Crippen MR) is 79.6 cm³/mol. The van der Waals surface area contributed by atoms with Crippen molar-refractivity contribution in [3.8, 4) is 5.75 Å². The Bertz CT molecular complexity index is 663. The van der Waals surface area contributed by atoms with E-state index in [4.69, 9.17) is 4.74 Å². The van der Waals surface area contributed by atoms with Gasteiger partial charge in [0.15, 0.2) is 0 Å². The topological polar surface area (TPSA) is 73.8 Å². The minimum Gasteiger partial charge on any atom is -0.545 e. The molecule has 0 unspecified atom stereocenters. The minimum atomic E-state index is -1.21. The van der Waals surface area contributed by atoms with E-state index in [0.29, 0.717) is 5.69 Å². The van der Waals surface area contributed by atoms with Gasteiger partial charge in [0.1, 0.15) is 5.75 Å². The molecule has 0 atom stereocenters. The average Bonchev–Trinajstić information content (AvgIpc) is 2.53. The van der Waals surface area contributed by atoms with Crippen LogP contribution in [-0.4, -0.2) is 18.8 Å². The van der Waals surface area contributed by atoms with Gasteiger partial charge in [-0.2, -0.15) is 5.10 Å². The number of carboxylic acid groups (broad SMARTS) is 1. The first-order valence-electron chi connectivity index (χ1n) is 6.36. The van der Waals surface area contributed by atoms with Gasteiger partial charge in [0.05, 0.1) is 24.5 Å². The summed E-state index contributed by atoms with van der Waals surface area (Å²) < 4.78 is 5.10. The van der Waals surface area contributed by atoms with Crippen LogP contribution >= 0.6 is 0 Å². The second-order valence-corrected chi connectivity index (χ2v) is 4.41. The third-order valence-electron chi connectivity index (χ3n) is 2.96. The van der Waals surface area contributed by atoms with Crippen LogP contribution in [0.3, 0.4) is 0 Å². The lowest BCUT2D eigenvalue weighted by atomic mass is 10.1. The van der Waals surface area contributed by atoms with Crippen LogP contribution < -0.4 is 15.3 Å². The lowest BCUT2D eigenvalue weighted by Crippen LogP contribution is -2.22. The first-order valence-corrected chi connectivity index (χ1v) is 6.36. The number of nitrogens with one attached hydrogen (secondary N) is 1. The molecule has 5 nitrogen and oxygen atoms in total. The van der Waals surface area contributed by atoms with Gasteiger partial charge < -0.3 is 14.6 Å². The Morgan fingerprint density at radius 2 is 1.86 bits per heavy atom. The van der Waals surface area contributed by atoms with Crippen LogP contribution in [0.25, 0.3) is 0 Å². The lowest BCUT2D eigenvalue weighted by Gasteiger charge is -2.07. The first-order chi connectivity index (χ1) is 10.1. The van der Waals surface area contributed by atoms with Crippen molar-refractivity contribution in [3.63, 3.8) is 0 Å². The maximum absolute atomic E-state index is 10.8. The van der Waals surface area contributed by atoms with E-state index in [1.54, 1.807) is 19.2 Å². The number of rotatable bonds is 5. The summed E-state index contributed by atoms with van der Waals surface area (Å²) in [7, 11) is 1.61. The molecule has 0 spiro atoms. The van der Waals surface area contributed by atoms with Crippen LogP contribution in [-0.2, 0) is 0 Å². The highest BCUT2D eigenvalue weighted by molar-refractivity contribution is 5.99. The molecule has 0 bridgehead atoms. The molecule has 2 rings (SSSR count). The smallest absolute Gasteiger partial charge is 0.118 e. The number of methoxy groups -OCH3 is 1.